The molecule has 11 atom stereocenters. The molecule has 4 heterocycles. The van der Waals surface area contributed by atoms with Crippen LogP contribution in [0.15, 0.2) is 121 Å². The molecule has 4 aromatic rings. The third-order valence-electron chi connectivity index (χ3n) is 10.5. The van der Waals surface area contributed by atoms with Gasteiger partial charge in [0.2, 0.25) is 5.91 Å². The lowest BCUT2D eigenvalue weighted by atomic mass is 9.94. The van der Waals surface area contributed by atoms with Crippen molar-refractivity contribution in [3.8, 4) is 0 Å². The van der Waals surface area contributed by atoms with E-state index >= 15 is 0 Å². The van der Waals surface area contributed by atoms with Crippen LogP contribution in [0.1, 0.15) is 35.5 Å². The fraction of sp³-hybridized carbons (Fsp3) is 0.409. The Morgan fingerprint density at radius 3 is 1.86 bits per heavy atom. The highest BCUT2D eigenvalue weighted by Gasteiger charge is 2.61. The van der Waals surface area contributed by atoms with Crippen LogP contribution in [0.3, 0.4) is 0 Å². The molecule has 0 radical (unpaired) electrons. The molecule has 4 aromatic carbocycles. The number of carbonyl (C=O) groups excluding carboxylic acids is 2. The summed E-state index contributed by atoms with van der Waals surface area (Å²) in [6.45, 7) is 2.23. The van der Waals surface area contributed by atoms with E-state index < -0.39 is 79.6 Å². The van der Waals surface area contributed by atoms with E-state index in [1.54, 1.807) is 0 Å². The van der Waals surface area contributed by atoms with Gasteiger partial charge in [-0.15, -0.1) is 0 Å². The summed E-state index contributed by atoms with van der Waals surface area (Å²) < 4.78 is 64.5. The van der Waals surface area contributed by atoms with Crippen molar-refractivity contribution in [1.82, 2.24) is 4.90 Å². The molecule has 13 nitrogen and oxygen atoms in total. The minimum absolute atomic E-state index is 0.0352. The first-order chi connectivity index (χ1) is 28.0. The Balaban J connectivity index is 1.13. The number of imide groups is 1. The van der Waals surface area contributed by atoms with E-state index in [1.807, 2.05) is 121 Å². The van der Waals surface area contributed by atoms with Crippen molar-refractivity contribution in [2.75, 3.05) is 20.3 Å². The minimum Gasteiger partial charge on any atom is -0.440 e. The molecule has 0 bridgehead atoms. The zero-order valence-corrected chi connectivity index (χ0v) is 31.8. The van der Waals surface area contributed by atoms with Crippen molar-refractivity contribution in [3.05, 3.63) is 144 Å². The number of ether oxygens (including phenoxy) is 10. The van der Waals surface area contributed by atoms with Crippen molar-refractivity contribution in [2.45, 2.75) is 94.4 Å². The summed E-state index contributed by atoms with van der Waals surface area (Å²) in [6.07, 6.45) is -9.38. The van der Waals surface area contributed by atoms with Gasteiger partial charge in [0.1, 0.15) is 42.7 Å². The van der Waals surface area contributed by atoms with Crippen LogP contribution >= 0.6 is 0 Å². The van der Waals surface area contributed by atoms with Crippen LogP contribution in [-0.2, 0) is 72.0 Å². The zero-order valence-electron chi connectivity index (χ0n) is 31.8. The minimum atomic E-state index is -1.12. The smallest absolute Gasteiger partial charge is 0.417 e. The second-order valence-corrected chi connectivity index (χ2v) is 14.4. The molecule has 0 spiro atoms. The molecule has 4 saturated heterocycles. The molecule has 4 aliphatic heterocycles. The van der Waals surface area contributed by atoms with Gasteiger partial charge >= 0.3 is 6.09 Å². The highest BCUT2D eigenvalue weighted by atomic mass is 16.8. The fourth-order valence-corrected chi connectivity index (χ4v) is 7.78. The average molecular weight is 782 g/mol. The maximum Gasteiger partial charge on any atom is 0.417 e. The fourth-order valence-electron chi connectivity index (χ4n) is 7.78. The summed E-state index contributed by atoms with van der Waals surface area (Å²) in [5.41, 5.74) is 3.70. The summed E-state index contributed by atoms with van der Waals surface area (Å²) >= 11 is 0. The van der Waals surface area contributed by atoms with Crippen molar-refractivity contribution < 1.29 is 57.0 Å². The van der Waals surface area contributed by atoms with Gasteiger partial charge in [0.05, 0.1) is 33.0 Å². The quantitative estimate of drug-likeness (QED) is 0.156. The number of carbonyl (C=O) groups is 2. The SMILES string of the molecule is CO[C@H]1O[C@H](COCc2ccccc2)[C@@H](O[C@H]2O[C@@H]3COC(c4ccccc4)O[C@@H]3[C@H](OCc3ccccc3)[C@H]2OCc2ccccc2)[C@@H]2OC(=O)N(C(C)=O)[C@@H]12. The highest BCUT2D eigenvalue weighted by Crippen LogP contribution is 2.41. The first kappa shape index (κ1) is 39.3. The maximum atomic E-state index is 13.3. The number of benzene rings is 4. The first-order valence-electron chi connectivity index (χ1n) is 19.2. The monoisotopic (exact) mass is 781 g/mol. The van der Waals surface area contributed by atoms with E-state index in [0.29, 0.717) is 0 Å². The molecule has 0 aromatic heterocycles. The summed E-state index contributed by atoms with van der Waals surface area (Å²) in [4.78, 5) is 27.1. The highest BCUT2D eigenvalue weighted by molar-refractivity contribution is 5.92. The van der Waals surface area contributed by atoms with Crippen LogP contribution in [0.5, 0.6) is 0 Å². The lowest BCUT2D eigenvalue weighted by Gasteiger charge is -2.50. The van der Waals surface area contributed by atoms with Gasteiger partial charge in [-0.05, 0) is 16.7 Å². The first-order valence-corrected chi connectivity index (χ1v) is 19.2. The molecule has 4 fully saturated rings. The Morgan fingerprint density at radius 1 is 0.684 bits per heavy atom. The molecule has 0 N–H and O–H groups in total. The standard InChI is InChI=1S/C44H47NO12/c1-28(46)45-35-38(57-44(45)47)36(33(53-42(35)48-2)26-49-23-29-15-7-3-8-16-29)56-43-40(51-25-31-19-11-5-12-20-31)39(50-24-30-17-9-4-10-18-30)37-34(54-43)27-52-41(55-37)32-21-13-6-14-22-32/h3-22,33-43H,23-27H2,1-2H3/t33-,34-,35-,36-,37+,38-,39+,40-,41?,42+,43-/m1/s1. The molecule has 57 heavy (non-hydrogen) atoms. The lowest BCUT2D eigenvalue weighted by molar-refractivity contribution is -0.389. The van der Waals surface area contributed by atoms with Crippen molar-refractivity contribution in [1.29, 1.82) is 0 Å². The third kappa shape index (κ3) is 8.97. The Morgan fingerprint density at radius 2 is 1.26 bits per heavy atom. The van der Waals surface area contributed by atoms with Crippen molar-refractivity contribution in [2.24, 2.45) is 0 Å². The van der Waals surface area contributed by atoms with Gasteiger partial charge in [-0.1, -0.05) is 121 Å². The van der Waals surface area contributed by atoms with E-state index in [1.165, 1.54) is 14.0 Å². The number of amides is 2. The van der Waals surface area contributed by atoms with Crippen LogP contribution in [0.4, 0.5) is 4.79 Å². The zero-order chi connectivity index (χ0) is 39.1. The van der Waals surface area contributed by atoms with Crippen LogP contribution in [0.2, 0.25) is 0 Å². The van der Waals surface area contributed by atoms with E-state index in [0.717, 1.165) is 27.2 Å². The largest absolute Gasteiger partial charge is 0.440 e. The van der Waals surface area contributed by atoms with Gasteiger partial charge in [-0.2, -0.15) is 0 Å². The molecule has 2 amide bonds. The lowest BCUT2D eigenvalue weighted by Crippen LogP contribution is -2.67. The van der Waals surface area contributed by atoms with Crippen LogP contribution in [-0.4, -0.2) is 98.6 Å². The van der Waals surface area contributed by atoms with Crippen molar-refractivity contribution >= 4 is 12.0 Å². The maximum absolute atomic E-state index is 13.3. The van der Waals surface area contributed by atoms with E-state index in [4.69, 9.17) is 47.4 Å². The van der Waals surface area contributed by atoms with Gasteiger partial charge in [-0.25, -0.2) is 9.69 Å². The molecule has 300 valence electrons. The number of methoxy groups -OCH3 is 1. The number of hydrogen-bond acceptors (Lipinski definition) is 12. The topological polar surface area (TPSA) is 130 Å². The van der Waals surface area contributed by atoms with Gasteiger partial charge in [-0.3, -0.25) is 4.79 Å². The molecule has 0 aliphatic carbocycles. The van der Waals surface area contributed by atoms with Gasteiger partial charge < -0.3 is 47.4 Å². The normalized spacial score (nSPS) is 30.9. The van der Waals surface area contributed by atoms with E-state index in [9.17, 15) is 9.59 Å². The predicted molar refractivity (Wildman–Crippen MR) is 202 cm³/mol. The molecule has 0 saturated carbocycles. The molecular weight excluding hydrogens is 734 g/mol. The Bertz CT molecular complexity index is 1890. The summed E-state index contributed by atoms with van der Waals surface area (Å²) in [6, 6.07) is 38.1. The van der Waals surface area contributed by atoms with E-state index in [2.05, 4.69) is 0 Å². The molecule has 8 rings (SSSR count). The summed E-state index contributed by atoms with van der Waals surface area (Å²) in [5.74, 6) is -0.518. The van der Waals surface area contributed by atoms with Gasteiger partial charge in [0.25, 0.3) is 0 Å². The second kappa shape index (κ2) is 18.4. The summed E-state index contributed by atoms with van der Waals surface area (Å²) in [5, 5.41) is 0. The van der Waals surface area contributed by atoms with Gasteiger partial charge in [0, 0.05) is 19.6 Å². The predicted octanol–water partition coefficient (Wildman–Crippen LogP) is 5.71. The summed E-state index contributed by atoms with van der Waals surface area (Å²) in [7, 11) is 1.45. The van der Waals surface area contributed by atoms with Gasteiger partial charge in [0.15, 0.2) is 25.0 Å². The van der Waals surface area contributed by atoms with Crippen molar-refractivity contribution in [3.63, 3.8) is 0 Å². The molecule has 13 heteroatoms. The average Bonchev–Trinajstić information content (AvgIpc) is 3.61. The molecule has 4 aliphatic rings. The number of nitrogens with zero attached hydrogens (tertiary/aromatic N) is 1. The molecule has 1 unspecified atom stereocenters. The number of fused-ring (bicyclic) bond motifs is 2. The van der Waals surface area contributed by atoms with E-state index in [-0.39, 0.29) is 33.0 Å². The molecular formula is C44H47NO12. The van der Waals surface area contributed by atoms with Crippen LogP contribution in [0.25, 0.3) is 0 Å². The van der Waals surface area contributed by atoms with Crippen LogP contribution in [0, 0.1) is 0 Å². The second-order valence-electron chi connectivity index (χ2n) is 14.4. The van der Waals surface area contributed by atoms with Crippen LogP contribution < -0.4 is 0 Å². The number of rotatable bonds is 14. The Labute approximate surface area is 331 Å². The Hall–Kier alpha value is -4.54. The number of hydrogen-bond donors (Lipinski definition) is 0. The Kier molecular flexibility index (Phi) is 12.7. The third-order valence-corrected chi connectivity index (χ3v) is 10.5.